The molecule has 0 saturated carbocycles. The van der Waals surface area contributed by atoms with Crippen LogP contribution in [0.4, 0.5) is 0 Å². The molecule has 0 fully saturated rings. The summed E-state index contributed by atoms with van der Waals surface area (Å²) in [6, 6.07) is 5.44. The minimum atomic E-state index is 0.381. The molecule has 6 heteroatoms. The van der Waals surface area contributed by atoms with Gasteiger partial charge in [-0.3, -0.25) is 0 Å². The standard InChI is InChI=1S/C12H8BrCl3N2/c1-2-7-10(15)17-12(18-11(7)16)6-3-4-8(13)9(14)5-6/h3-5H,2H2,1H3. The van der Waals surface area contributed by atoms with Crippen LogP contribution in [0, 0.1) is 0 Å². The van der Waals surface area contributed by atoms with Crippen LogP contribution in [0.2, 0.25) is 15.3 Å². The highest BCUT2D eigenvalue weighted by Gasteiger charge is 2.12. The quantitative estimate of drug-likeness (QED) is 0.663. The number of benzene rings is 1. The number of hydrogen-bond acceptors (Lipinski definition) is 2. The topological polar surface area (TPSA) is 25.8 Å². The minimum Gasteiger partial charge on any atom is -0.216 e. The molecule has 2 rings (SSSR count). The van der Waals surface area contributed by atoms with E-state index in [0.29, 0.717) is 27.6 Å². The highest BCUT2D eigenvalue weighted by molar-refractivity contribution is 9.10. The van der Waals surface area contributed by atoms with E-state index in [4.69, 9.17) is 34.8 Å². The van der Waals surface area contributed by atoms with Crippen molar-refractivity contribution in [1.29, 1.82) is 0 Å². The molecule has 0 unspecified atom stereocenters. The lowest BCUT2D eigenvalue weighted by molar-refractivity contribution is 1.05. The van der Waals surface area contributed by atoms with Gasteiger partial charge in [0, 0.05) is 15.6 Å². The molecule has 0 spiro atoms. The van der Waals surface area contributed by atoms with Gasteiger partial charge in [-0.2, -0.15) is 0 Å². The van der Waals surface area contributed by atoms with Crippen molar-refractivity contribution < 1.29 is 0 Å². The second-order valence-electron chi connectivity index (χ2n) is 3.59. The van der Waals surface area contributed by atoms with Gasteiger partial charge in [0.1, 0.15) is 10.3 Å². The number of hydrogen-bond donors (Lipinski definition) is 0. The van der Waals surface area contributed by atoms with Crippen LogP contribution in [0.15, 0.2) is 22.7 Å². The van der Waals surface area contributed by atoms with Gasteiger partial charge >= 0.3 is 0 Å². The maximum absolute atomic E-state index is 6.08. The zero-order valence-corrected chi connectivity index (χ0v) is 13.2. The van der Waals surface area contributed by atoms with Gasteiger partial charge in [0.25, 0.3) is 0 Å². The first kappa shape index (κ1) is 14.1. The van der Waals surface area contributed by atoms with Crippen molar-refractivity contribution in [3.63, 3.8) is 0 Å². The van der Waals surface area contributed by atoms with Crippen molar-refractivity contribution >= 4 is 50.7 Å². The van der Waals surface area contributed by atoms with Gasteiger partial charge in [-0.25, -0.2) is 9.97 Å². The van der Waals surface area contributed by atoms with E-state index in [1.54, 1.807) is 6.07 Å². The van der Waals surface area contributed by atoms with E-state index in [2.05, 4.69) is 25.9 Å². The lowest BCUT2D eigenvalue weighted by Gasteiger charge is -2.07. The molecular weight excluding hydrogens is 358 g/mol. The summed E-state index contributed by atoms with van der Waals surface area (Å²) in [6.45, 7) is 1.95. The van der Waals surface area contributed by atoms with Crippen molar-refractivity contribution in [3.8, 4) is 11.4 Å². The van der Waals surface area contributed by atoms with Crippen LogP contribution in [0.5, 0.6) is 0 Å². The predicted octanol–water partition coefficient (Wildman–Crippen LogP) is 5.43. The van der Waals surface area contributed by atoms with E-state index in [9.17, 15) is 0 Å². The monoisotopic (exact) mass is 364 g/mol. The molecule has 0 saturated heterocycles. The Bertz CT molecular complexity index is 579. The summed E-state index contributed by atoms with van der Waals surface area (Å²) in [5.74, 6) is 0.469. The molecule has 0 aliphatic rings. The van der Waals surface area contributed by atoms with Crippen molar-refractivity contribution in [2.45, 2.75) is 13.3 Å². The Balaban J connectivity index is 2.54. The zero-order valence-electron chi connectivity index (χ0n) is 9.35. The summed E-state index contributed by atoms with van der Waals surface area (Å²) in [4.78, 5) is 8.48. The Hall–Kier alpha value is -0.350. The van der Waals surface area contributed by atoms with Gasteiger partial charge in [-0.05, 0) is 40.5 Å². The van der Waals surface area contributed by atoms with Crippen molar-refractivity contribution in [2.24, 2.45) is 0 Å². The molecule has 2 nitrogen and oxygen atoms in total. The molecule has 0 atom stereocenters. The van der Waals surface area contributed by atoms with Crippen LogP contribution in [0.1, 0.15) is 12.5 Å². The number of aromatic nitrogens is 2. The minimum absolute atomic E-state index is 0.381. The second-order valence-corrected chi connectivity index (χ2v) is 5.57. The maximum Gasteiger partial charge on any atom is 0.162 e. The van der Waals surface area contributed by atoms with E-state index in [1.165, 1.54) is 0 Å². The molecule has 0 bridgehead atoms. The van der Waals surface area contributed by atoms with E-state index in [-0.39, 0.29) is 0 Å². The molecule has 0 N–H and O–H groups in total. The molecule has 0 amide bonds. The normalized spacial score (nSPS) is 10.7. The fourth-order valence-corrected chi connectivity index (χ4v) is 2.57. The van der Waals surface area contributed by atoms with Gasteiger partial charge < -0.3 is 0 Å². The third-order valence-electron chi connectivity index (χ3n) is 2.44. The molecule has 2 aromatic rings. The Labute approximate surface area is 128 Å². The highest BCUT2D eigenvalue weighted by Crippen LogP contribution is 2.30. The second kappa shape index (κ2) is 5.74. The van der Waals surface area contributed by atoms with Gasteiger partial charge in [0.15, 0.2) is 5.82 Å². The smallest absolute Gasteiger partial charge is 0.162 e. The average Bonchev–Trinajstić information content (AvgIpc) is 2.32. The van der Waals surface area contributed by atoms with Crippen LogP contribution < -0.4 is 0 Å². The van der Waals surface area contributed by atoms with E-state index < -0.39 is 0 Å². The molecule has 1 heterocycles. The van der Waals surface area contributed by atoms with Gasteiger partial charge in [-0.15, -0.1) is 0 Å². The van der Waals surface area contributed by atoms with Crippen LogP contribution in [-0.2, 0) is 6.42 Å². The van der Waals surface area contributed by atoms with Crippen molar-refractivity contribution in [3.05, 3.63) is 43.6 Å². The molecule has 0 aliphatic heterocycles. The number of halogens is 4. The third-order valence-corrected chi connectivity index (χ3v) is 4.30. The summed E-state index contributed by atoms with van der Waals surface area (Å²) >= 11 is 21.5. The first-order valence-corrected chi connectivity index (χ1v) is 7.13. The SMILES string of the molecule is CCc1c(Cl)nc(-c2ccc(Br)c(Cl)c2)nc1Cl. The highest BCUT2D eigenvalue weighted by atomic mass is 79.9. The Morgan fingerprint density at radius 3 is 2.22 bits per heavy atom. The van der Waals surface area contributed by atoms with E-state index >= 15 is 0 Å². The summed E-state index contributed by atoms with van der Waals surface area (Å²) in [7, 11) is 0. The molecule has 0 aliphatic carbocycles. The summed E-state index contributed by atoms with van der Waals surface area (Å²) in [6.07, 6.45) is 0.693. The molecule has 18 heavy (non-hydrogen) atoms. The molecular formula is C12H8BrCl3N2. The van der Waals surface area contributed by atoms with Gasteiger partial charge in [-0.1, -0.05) is 41.7 Å². The maximum atomic E-state index is 6.08. The number of rotatable bonds is 2. The van der Waals surface area contributed by atoms with Crippen LogP contribution in [0.3, 0.4) is 0 Å². The summed E-state index contributed by atoms with van der Waals surface area (Å²) < 4.78 is 0.815. The third kappa shape index (κ3) is 2.80. The first-order valence-electron chi connectivity index (χ1n) is 5.20. The largest absolute Gasteiger partial charge is 0.216 e. The number of nitrogens with zero attached hydrogens (tertiary/aromatic N) is 2. The fourth-order valence-electron chi connectivity index (χ4n) is 1.49. The Kier molecular flexibility index (Phi) is 4.49. The molecule has 94 valence electrons. The van der Waals surface area contributed by atoms with Crippen LogP contribution >= 0.6 is 50.7 Å². The van der Waals surface area contributed by atoms with Crippen molar-refractivity contribution in [2.75, 3.05) is 0 Å². The van der Waals surface area contributed by atoms with Gasteiger partial charge in [0.05, 0.1) is 5.02 Å². The first-order chi connectivity index (χ1) is 8.52. The molecule has 1 aromatic carbocycles. The molecule has 0 radical (unpaired) electrons. The van der Waals surface area contributed by atoms with Gasteiger partial charge in [0.2, 0.25) is 0 Å². The zero-order chi connectivity index (χ0) is 13.3. The molecule has 1 aromatic heterocycles. The fraction of sp³-hybridized carbons (Fsp3) is 0.167. The van der Waals surface area contributed by atoms with Crippen LogP contribution in [-0.4, -0.2) is 9.97 Å². The summed E-state index contributed by atoms with van der Waals surface area (Å²) in [5.41, 5.74) is 1.53. The predicted molar refractivity (Wildman–Crippen MR) is 79.6 cm³/mol. The van der Waals surface area contributed by atoms with E-state index in [1.807, 2.05) is 19.1 Å². The van der Waals surface area contributed by atoms with E-state index in [0.717, 1.165) is 15.6 Å². The average molecular weight is 366 g/mol. The Morgan fingerprint density at radius 1 is 1.11 bits per heavy atom. The summed E-state index contributed by atoms with van der Waals surface area (Å²) in [5, 5.41) is 1.35. The lowest BCUT2D eigenvalue weighted by Crippen LogP contribution is -1.96. The Morgan fingerprint density at radius 2 is 1.72 bits per heavy atom. The van der Waals surface area contributed by atoms with Crippen molar-refractivity contribution in [1.82, 2.24) is 9.97 Å². The van der Waals surface area contributed by atoms with Crippen LogP contribution in [0.25, 0.3) is 11.4 Å². The lowest BCUT2D eigenvalue weighted by atomic mass is 10.2.